The van der Waals surface area contributed by atoms with Crippen molar-refractivity contribution in [3.8, 4) is 0 Å². The molecule has 0 spiro atoms. The third kappa shape index (κ3) is 4.22. The van der Waals surface area contributed by atoms with Gasteiger partial charge in [-0.3, -0.25) is 4.79 Å². The molecule has 1 aliphatic heterocycles. The van der Waals surface area contributed by atoms with Crippen LogP contribution in [-0.4, -0.2) is 30.3 Å². The molecule has 2 atom stereocenters. The minimum Gasteiger partial charge on any atom is -0.453 e. The molecule has 2 unspecified atom stereocenters. The van der Waals surface area contributed by atoms with Gasteiger partial charge in [0.2, 0.25) is 0 Å². The van der Waals surface area contributed by atoms with Gasteiger partial charge in [-0.05, 0) is 30.0 Å². The Labute approximate surface area is 142 Å². The fourth-order valence-corrected chi connectivity index (χ4v) is 3.11. The lowest BCUT2D eigenvalue weighted by atomic mass is 9.92. The van der Waals surface area contributed by atoms with Crippen LogP contribution in [0.15, 0.2) is 60.7 Å². The molecule has 1 saturated heterocycles. The van der Waals surface area contributed by atoms with Gasteiger partial charge in [0.05, 0.1) is 12.5 Å². The first-order valence-corrected chi connectivity index (χ1v) is 8.42. The molecular weight excluding hydrogens is 302 g/mol. The van der Waals surface area contributed by atoms with E-state index in [9.17, 15) is 9.90 Å². The summed E-state index contributed by atoms with van der Waals surface area (Å²) in [5, 5.41) is 13.1. The fraction of sp³-hybridized carbons (Fsp3) is 0.350. The van der Waals surface area contributed by atoms with E-state index < -0.39 is 12.2 Å². The largest absolute Gasteiger partial charge is 0.453 e. The number of nitrogens with one attached hydrogen (secondary N) is 1. The van der Waals surface area contributed by atoms with E-state index in [1.807, 2.05) is 60.7 Å². The Morgan fingerprint density at radius 3 is 2.21 bits per heavy atom. The standard InChI is InChI=1S/C20H23NO3/c22-18-14-21-12-11-17(18)13-19(23)24-20(15-7-3-1-4-8-15)16-9-5-2-6-10-16/h1-10,17-18,20-22H,11-14H2. The van der Waals surface area contributed by atoms with Gasteiger partial charge in [0, 0.05) is 6.54 Å². The lowest BCUT2D eigenvalue weighted by Gasteiger charge is -2.28. The molecule has 0 aliphatic carbocycles. The molecule has 4 nitrogen and oxygen atoms in total. The van der Waals surface area contributed by atoms with Gasteiger partial charge >= 0.3 is 5.97 Å². The molecule has 2 aromatic carbocycles. The number of rotatable bonds is 5. The second-order valence-electron chi connectivity index (χ2n) is 6.22. The molecule has 2 aromatic rings. The van der Waals surface area contributed by atoms with E-state index in [-0.39, 0.29) is 18.3 Å². The molecule has 0 amide bonds. The molecule has 126 valence electrons. The van der Waals surface area contributed by atoms with Crippen LogP contribution in [0.3, 0.4) is 0 Å². The molecule has 1 aliphatic rings. The number of carbonyl (C=O) groups excluding carboxylic acids is 1. The Kier molecular flexibility index (Phi) is 5.62. The maximum Gasteiger partial charge on any atom is 0.307 e. The highest BCUT2D eigenvalue weighted by molar-refractivity contribution is 5.70. The molecule has 24 heavy (non-hydrogen) atoms. The molecule has 1 fully saturated rings. The number of piperidine rings is 1. The molecule has 4 heteroatoms. The number of carbonyl (C=O) groups is 1. The number of aliphatic hydroxyl groups excluding tert-OH is 1. The van der Waals surface area contributed by atoms with E-state index in [0.717, 1.165) is 24.1 Å². The van der Waals surface area contributed by atoms with Crippen LogP contribution < -0.4 is 5.32 Å². The smallest absolute Gasteiger partial charge is 0.307 e. The van der Waals surface area contributed by atoms with Crippen LogP contribution >= 0.6 is 0 Å². The molecular formula is C20H23NO3. The van der Waals surface area contributed by atoms with Crippen molar-refractivity contribution in [2.75, 3.05) is 13.1 Å². The van der Waals surface area contributed by atoms with Crippen LogP contribution in [0.1, 0.15) is 30.1 Å². The van der Waals surface area contributed by atoms with Crippen molar-refractivity contribution in [3.63, 3.8) is 0 Å². The normalized spacial score (nSPS) is 20.8. The number of β-amino-alcohol motifs (C(OH)–C–C–N with tert-alkyl or cyclic N) is 1. The van der Waals surface area contributed by atoms with Gasteiger partial charge < -0.3 is 15.2 Å². The molecule has 3 rings (SSSR count). The number of benzene rings is 2. The molecule has 0 bridgehead atoms. The summed E-state index contributed by atoms with van der Waals surface area (Å²) in [5.41, 5.74) is 1.89. The molecule has 1 heterocycles. The Hall–Kier alpha value is -2.17. The third-order valence-electron chi connectivity index (χ3n) is 4.47. The van der Waals surface area contributed by atoms with Crippen molar-refractivity contribution in [2.45, 2.75) is 25.0 Å². The van der Waals surface area contributed by atoms with Crippen LogP contribution in [0, 0.1) is 5.92 Å². The minimum absolute atomic E-state index is 0.0362. The van der Waals surface area contributed by atoms with Gasteiger partial charge in [-0.2, -0.15) is 0 Å². The maximum atomic E-state index is 12.5. The predicted octanol–water partition coefficient (Wildman–Crippen LogP) is 2.68. The van der Waals surface area contributed by atoms with Crippen LogP contribution in [0.5, 0.6) is 0 Å². The zero-order valence-corrected chi connectivity index (χ0v) is 13.6. The van der Waals surface area contributed by atoms with Crippen LogP contribution in [0.2, 0.25) is 0 Å². The summed E-state index contributed by atoms with van der Waals surface area (Å²) in [7, 11) is 0. The fourth-order valence-electron chi connectivity index (χ4n) is 3.11. The van der Waals surface area contributed by atoms with Crippen molar-refractivity contribution in [1.82, 2.24) is 5.32 Å². The van der Waals surface area contributed by atoms with E-state index in [1.54, 1.807) is 0 Å². The summed E-state index contributed by atoms with van der Waals surface area (Å²) in [6.45, 7) is 1.37. The maximum absolute atomic E-state index is 12.5. The first-order valence-electron chi connectivity index (χ1n) is 8.42. The van der Waals surface area contributed by atoms with E-state index in [1.165, 1.54) is 0 Å². The van der Waals surface area contributed by atoms with Crippen molar-refractivity contribution in [3.05, 3.63) is 71.8 Å². The van der Waals surface area contributed by atoms with Gasteiger partial charge in [0.15, 0.2) is 6.10 Å². The number of aliphatic hydroxyl groups is 1. The lowest BCUT2D eigenvalue weighted by molar-refractivity contribution is -0.150. The second-order valence-corrected chi connectivity index (χ2v) is 6.22. The van der Waals surface area contributed by atoms with Crippen molar-refractivity contribution in [1.29, 1.82) is 0 Å². The number of esters is 1. The van der Waals surface area contributed by atoms with Crippen molar-refractivity contribution in [2.24, 2.45) is 5.92 Å². The van der Waals surface area contributed by atoms with Crippen molar-refractivity contribution < 1.29 is 14.6 Å². The van der Waals surface area contributed by atoms with Crippen LogP contribution in [0.25, 0.3) is 0 Å². The van der Waals surface area contributed by atoms with E-state index >= 15 is 0 Å². The average Bonchev–Trinajstić information content (AvgIpc) is 2.63. The second kappa shape index (κ2) is 8.08. The third-order valence-corrected chi connectivity index (χ3v) is 4.47. The van der Waals surface area contributed by atoms with Gasteiger partial charge in [-0.15, -0.1) is 0 Å². The van der Waals surface area contributed by atoms with Crippen molar-refractivity contribution >= 4 is 5.97 Å². The first kappa shape index (κ1) is 16.7. The minimum atomic E-state index is -0.488. The summed E-state index contributed by atoms with van der Waals surface area (Å²) >= 11 is 0. The van der Waals surface area contributed by atoms with Gasteiger partial charge in [0.1, 0.15) is 0 Å². The molecule has 2 N–H and O–H groups in total. The summed E-state index contributed by atoms with van der Waals surface area (Å²) in [4.78, 5) is 12.5. The van der Waals surface area contributed by atoms with Gasteiger partial charge in [0.25, 0.3) is 0 Å². The summed E-state index contributed by atoms with van der Waals surface area (Å²) in [6.07, 6.45) is 0.133. The predicted molar refractivity (Wildman–Crippen MR) is 92.4 cm³/mol. The Morgan fingerprint density at radius 1 is 1.08 bits per heavy atom. The van der Waals surface area contributed by atoms with Gasteiger partial charge in [-0.25, -0.2) is 0 Å². The van der Waals surface area contributed by atoms with E-state index in [4.69, 9.17) is 4.74 Å². The first-order chi connectivity index (χ1) is 11.7. The average molecular weight is 325 g/mol. The molecule has 0 aromatic heterocycles. The van der Waals surface area contributed by atoms with Gasteiger partial charge in [-0.1, -0.05) is 60.7 Å². The number of hydrogen-bond acceptors (Lipinski definition) is 4. The van der Waals surface area contributed by atoms with Crippen LogP contribution in [0.4, 0.5) is 0 Å². The Balaban J connectivity index is 1.73. The Bertz CT molecular complexity index is 605. The zero-order chi connectivity index (χ0) is 16.8. The molecule has 0 radical (unpaired) electrons. The highest BCUT2D eigenvalue weighted by Gasteiger charge is 2.27. The molecule has 0 saturated carbocycles. The lowest BCUT2D eigenvalue weighted by Crippen LogP contribution is -2.41. The van der Waals surface area contributed by atoms with E-state index in [2.05, 4.69) is 5.32 Å². The number of ether oxygens (including phenoxy) is 1. The highest BCUT2D eigenvalue weighted by Crippen LogP contribution is 2.27. The zero-order valence-electron chi connectivity index (χ0n) is 13.6. The summed E-state index contributed by atoms with van der Waals surface area (Å²) in [5.74, 6) is -0.301. The highest BCUT2D eigenvalue weighted by atomic mass is 16.5. The SMILES string of the molecule is O=C(CC1CCNCC1O)OC(c1ccccc1)c1ccccc1. The summed E-state index contributed by atoms with van der Waals surface area (Å²) in [6, 6.07) is 19.5. The van der Waals surface area contributed by atoms with E-state index in [0.29, 0.717) is 6.54 Å². The summed E-state index contributed by atoms with van der Waals surface area (Å²) < 4.78 is 5.80. The quantitative estimate of drug-likeness (QED) is 0.830. The monoisotopic (exact) mass is 325 g/mol. The van der Waals surface area contributed by atoms with Crippen LogP contribution in [-0.2, 0) is 9.53 Å². The number of hydrogen-bond donors (Lipinski definition) is 2. The Morgan fingerprint density at radius 2 is 1.67 bits per heavy atom. The topological polar surface area (TPSA) is 58.6 Å².